The Morgan fingerprint density at radius 3 is 2.87 bits per heavy atom. The van der Waals surface area contributed by atoms with E-state index >= 15 is 0 Å². The first-order valence-corrected chi connectivity index (χ1v) is 9.05. The number of hydrogen-bond acceptors (Lipinski definition) is 4. The molecule has 120 valence electrons. The highest BCUT2D eigenvalue weighted by molar-refractivity contribution is 7.14. The van der Waals surface area contributed by atoms with Crippen molar-refractivity contribution in [3.05, 3.63) is 29.9 Å². The summed E-state index contributed by atoms with van der Waals surface area (Å²) in [5, 5.41) is 5.60. The molecule has 5 nitrogen and oxygen atoms in total. The minimum atomic E-state index is -0.000938. The zero-order chi connectivity index (χ0) is 15.8. The Balaban J connectivity index is 1.46. The fourth-order valence-electron chi connectivity index (χ4n) is 2.98. The number of hydrogen-bond donors (Lipinski definition) is 1. The van der Waals surface area contributed by atoms with Crippen LogP contribution in [0.3, 0.4) is 0 Å². The van der Waals surface area contributed by atoms with E-state index in [1.807, 2.05) is 22.4 Å². The number of anilines is 1. The monoisotopic (exact) mass is 328 g/mol. The molecule has 2 fully saturated rings. The number of nitrogens with zero attached hydrogens (tertiary/aromatic N) is 3. The van der Waals surface area contributed by atoms with Crippen molar-refractivity contribution < 1.29 is 4.79 Å². The predicted octanol–water partition coefficient (Wildman–Crippen LogP) is 4.00. The summed E-state index contributed by atoms with van der Waals surface area (Å²) in [7, 11) is 0. The molecule has 6 heteroatoms. The van der Waals surface area contributed by atoms with Gasteiger partial charge >= 0.3 is 6.03 Å². The van der Waals surface area contributed by atoms with Crippen molar-refractivity contribution in [3.63, 3.8) is 0 Å². The van der Waals surface area contributed by atoms with Crippen LogP contribution < -0.4 is 5.32 Å². The van der Waals surface area contributed by atoms with Crippen LogP contribution in [-0.4, -0.2) is 33.0 Å². The lowest BCUT2D eigenvalue weighted by Gasteiger charge is -2.29. The van der Waals surface area contributed by atoms with Gasteiger partial charge in [0.2, 0.25) is 0 Å². The quantitative estimate of drug-likeness (QED) is 0.902. The molecule has 0 aromatic carbocycles. The van der Waals surface area contributed by atoms with Crippen molar-refractivity contribution in [2.24, 2.45) is 5.92 Å². The van der Waals surface area contributed by atoms with Gasteiger partial charge in [0.15, 0.2) is 5.13 Å². The van der Waals surface area contributed by atoms with Crippen molar-refractivity contribution in [2.45, 2.75) is 44.7 Å². The van der Waals surface area contributed by atoms with Crippen LogP contribution in [0.1, 0.15) is 32.6 Å². The summed E-state index contributed by atoms with van der Waals surface area (Å²) in [4.78, 5) is 23.4. The molecule has 1 unspecified atom stereocenters. The Hall–Kier alpha value is -1.95. The molecule has 2 amide bonds. The van der Waals surface area contributed by atoms with Gasteiger partial charge in [-0.3, -0.25) is 10.3 Å². The van der Waals surface area contributed by atoms with Gasteiger partial charge in [-0.2, -0.15) is 0 Å². The average molecular weight is 328 g/mol. The highest BCUT2D eigenvalue weighted by Crippen LogP contribution is 2.40. The van der Waals surface area contributed by atoms with E-state index in [0.29, 0.717) is 23.1 Å². The minimum Gasteiger partial charge on any atom is -0.319 e. The molecule has 0 saturated heterocycles. The largest absolute Gasteiger partial charge is 0.324 e. The molecular formula is C17H20N4OS. The SMILES string of the molecule is CC(C1CC1)N(C(=O)Nc1nc(-c2cccnc2)cs1)C1CC1. The lowest BCUT2D eigenvalue weighted by molar-refractivity contribution is 0.180. The van der Waals surface area contributed by atoms with Crippen molar-refractivity contribution >= 4 is 22.5 Å². The number of carbonyl (C=O) groups is 1. The molecule has 0 spiro atoms. The Labute approximate surface area is 139 Å². The maximum atomic E-state index is 12.7. The van der Waals surface area contributed by atoms with Crippen molar-refractivity contribution in [3.8, 4) is 11.3 Å². The van der Waals surface area contributed by atoms with E-state index in [9.17, 15) is 4.79 Å². The zero-order valence-corrected chi connectivity index (χ0v) is 13.9. The van der Waals surface area contributed by atoms with Crippen LogP contribution in [0.5, 0.6) is 0 Å². The van der Waals surface area contributed by atoms with Crippen LogP contribution in [0.4, 0.5) is 9.93 Å². The number of rotatable bonds is 5. The van der Waals surface area contributed by atoms with Crippen molar-refractivity contribution in [1.29, 1.82) is 0 Å². The summed E-state index contributed by atoms with van der Waals surface area (Å²) in [5.74, 6) is 0.684. The molecule has 0 aliphatic heterocycles. The van der Waals surface area contributed by atoms with Gasteiger partial charge in [-0.25, -0.2) is 9.78 Å². The van der Waals surface area contributed by atoms with E-state index in [1.165, 1.54) is 24.2 Å². The normalized spacial score (nSPS) is 18.5. The van der Waals surface area contributed by atoms with Gasteiger partial charge in [0.05, 0.1) is 5.69 Å². The highest BCUT2D eigenvalue weighted by Gasteiger charge is 2.41. The molecule has 0 radical (unpaired) electrons. The molecule has 4 rings (SSSR count). The smallest absolute Gasteiger partial charge is 0.319 e. The number of amides is 2. The van der Waals surface area contributed by atoms with E-state index in [1.54, 1.807) is 12.4 Å². The number of carbonyl (C=O) groups excluding carboxylic acids is 1. The highest BCUT2D eigenvalue weighted by atomic mass is 32.1. The summed E-state index contributed by atoms with van der Waals surface area (Å²) in [6, 6.07) is 4.61. The first-order chi connectivity index (χ1) is 11.2. The Morgan fingerprint density at radius 2 is 2.22 bits per heavy atom. The Bertz CT molecular complexity index is 694. The second-order valence-electron chi connectivity index (χ2n) is 6.43. The maximum Gasteiger partial charge on any atom is 0.324 e. The number of pyridine rings is 1. The Kier molecular flexibility index (Phi) is 3.77. The van der Waals surface area contributed by atoms with E-state index in [2.05, 4.69) is 22.2 Å². The van der Waals surface area contributed by atoms with Crippen LogP contribution in [0.25, 0.3) is 11.3 Å². The van der Waals surface area contributed by atoms with E-state index in [4.69, 9.17) is 0 Å². The maximum absolute atomic E-state index is 12.7. The molecule has 2 aliphatic carbocycles. The number of thiazole rings is 1. The van der Waals surface area contributed by atoms with Crippen LogP contribution in [0.2, 0.25) is 0 Å². The zero-order valence-electron chi connectivity index (χ0n) is 13.1. The van der Waals surface area contributed by atoms with Gasteiger partial charge in [-0.05, 0) is 50.7 Å². The van der Waals surface area contributed by atoms with Gasteiger partial charge in [-0.15, -0.1) is 11.3 Å². The minimum absolute atomic E-state index is 0.000938. The summed E-state index contributed by atoms with van der Waals surface area (Å²) >= 11 is 1.46. The molecule has 1 N–H and O–H groups in total. The van der Waals surface area contributed by atoms with Gasteiger partial charge in [0.25, 0.3) is 0 Å². The summed E-state index contributed by atoms with van der Waals surface area (Å²) in [5.41, 5.74) is 1.82. The first kappa shape index (κ1) is 14.6. The lowest BCUT2D eigenvalue weighted by Crippen LogP contribution is -2.44. The first-order valence-electron chi connectivity index (χ1n) is 8.17. The second-order valence-corrected chi connectivity index (χ2v) is 7.28. The molecule has 2 saturated carbocycles. The topological polar surface area (TPSA) is 58.1 Å². The molecule has 1 atom stereocenters. The molecule has 23 heavy (non-hydrogen) atoms. The molecular weight excluding hydrogens is 308 g/mol. The van der Waals surface area contributed by atoms with Crippen LogP contribution in [-0.2, 0) is 0 Å². The van der Waals surface area contributed by atoms with Gasteiger partial charge < -0.3 is 4.90 Å². The molecule has 0 bridgehead atoms. The van der Waals surface area contributed by atoms with E-state index in [-0.39, 0.29) is 6.03 Å². The second kappa shape index (κ2) is 5.92. The molecule has 2 aromatic rings. The van der Waals surface area contributed by atoms with Crippen molar-refractivity contribution in [2.75, 3.05) is 5.32 Å². The third-order valence-corrected chi connectivity index (χ3v) is 5.35. The molecule has 2 heterocycles. The molecule has 2 aliphatic rings. The molecule has 2 aromatic heterocycles. The number of urea groups is 1. The average Bonchev–Trinajstić information content (AvgIpc) is 3.47. The lowest BCUT2D eigenvalue weighted by atomic mass is 10.2. The summed E-state index contributed by atoms with van der Waals surface area (Å²) in [6.45, 7) is 2.18. The Morgan fingerprint density at radius 1 is 1.39 bits per heavy atom. The van der Waals surface area contributed by atoms with Gasteiger partial charge in [0.1, 0.15) is 0 Å². The summed E-state index contributed by atoms with van der Waals surface area (Å²) < 4.78 is 0. The number of aromatic nitrogens is 2. The third kappa shape index (κ3) is 3.22. The fourth-order valence-corrected chi connectivity index (χ4v) is 3.69. The van der Waals surface area contributed by atoms with Gasteiger partial charge in [0, 0.05) is 35.4 Å². The van der Waals surface area contributed by atoms with Crippen LogP contribution >= 0.6 is 11.3 Å². The van der Waals surface area contributed by atoms with Gasteiger partial charge in [-0.1, -0.05) is 0 Å². The predicted molar refractivity (Wildman–Crippen MR) is 91.4 cm³/mol. The van der Waals surface area contributed by atoms with Crippen molar-refractivity contribution in [1.82, 2.24) is 14.9 Å². The standard InChI is InChI=1S/C17H20N4OS/c1-11(12-4-5-12)21(14-6-7-14)17(22)20-16-19-15(10-23-16)13-3-2-8-18-9-13/h2-3,8-12,14H,4-7H2,1H3,(H,19,20,22). The van der Waals surface area contributed by atoms with Crippen LogP contribution in [0, 0.1) is 5.92 Å². The third-order valence-electron chi connectivity index (χ3n) is 4.59. The van der Waals surface area contributed by atoms with E-state index < -0.39 is 0 Å². The van der Waals surface area contributed by atoms with Crippen LogP contribution in [0.15, 0.2) is 29.9 Å². The summed E-state index contributed by atoms with van der Waals surface area (Å²) in [6.07, 6.45) is 8.28. The van der Waals surface area contributed by atoms with E-state index in [0.717, 1.165) is 24.1 Å². The number of nitrogens with one attached hydrogen (secondary N) is 1. The fraction of sp³-hybridized carbons (Fsp3) is 0.471.